The Kier molecular flexibility index (Phi) is 5.20. The number of nitrogens with one attached hydrogen (secondary N) is 2. The fourth-order valence-corrected chi connectivity index (χ4v) is 3.07. The molecule has 2 atom stereocenters. The number of carbonyl (C=O) groups excluding carboxylic acids is 1. The maximum absolute atomic E-state index is 12.1. The van der Waals surface area contributed by atoms with Crippen LogP contribution in [0.4, 0.5) is 4.79 Å². The molecule has 3 rings (SSSR count). The SMILES string of the molecule is CC(O)CCNC(=O)NC1CCCOc2c1ccc1ccccc21. The largest absolute Gasteiger partial charge is 0.493 e. The van der Waals surface area contributed by atoms with Crippen LogP contribution in [0.25, 0.3) is 10.8 Å². The molecule has 0 aliphatic carbocycles. The molecule has 1 heterocycles. The predicted molar refractivity (Wildman–Crippen MR) is 94.3 cm³/mol. The van der Waals surface area contributed by atoms with Crippen molar-refractivity contribution in [3.8, 4) is 5.75 Å². The summed E-state index contributed by atoms with van der Waals surface area (Å²) in [5, 5.41) is 17.3. The number of hydrogen-bond acceptors (Lipinski definition) is 3. The Labute approximate surface area is 142 Å². The Hall–Kier alpha value is -2.27. The van der Waals surface area contributed by atoms with Crippen molar-refractivity contribution < 1.29 is 14.6 Å². The van der Waals surface area contributed by atoms with Crippen LogP contribution in [0.3, 0.4) is 0 Å². The third-order valence-electron chi connectivity index (χ3n) is 4.32. The zero-order valence-corrected chi connectivity index (χ0v) is 13.9. The average molecular weight is 328 g/mol. The van der Waals surface area contributed by atoms with E-state index in [1.165, 1.54) is 0 Å². The maximum atomic E-state index is 12.1. The molecule has 0 bridgehead atoms. The van der Waals surface area contributed by atoms with Crippen LogP contribution in [0.1, 0.15) is 37.8 Å². The number of rotatable bonds is 4. The Balaban J connectivity index is 1.78. The first-order chi connectivity index (χ1) is 11.6. The van der Waals surface area contributed by atoms with Gasteiger partial charge in [0.2, 0.25) is 0 Å². The summed E-state index contributed by atoms with van der Waals surface area (Å²) in [5.41, 5.74) is 1.02. The van der Waals surface area contributed by atoms with Crippen LogP contribution in [-0.4, -0.2) is 30.4 Å². The van der Waals surface area contributed by atoms with Gasteiger partial charge in [0.15, 0.2) is 0 Å². The summed E-state index contributed by atoms with van der Waals surface area (Å²) in [4.78, 5) is 12.1. The number of amides is 2. The van der Waals surface area contributed by atoms with E-state index in [1.807, 2.05) is 18.2 Å². The normalized spacial score (nSPS) is 18.2. The summed E-state index contributed by atoms with van der Waals surface area (Å²) >= 11 is 0. The van der Waals surface area contributed by atoms with Gasteiger partial charge in [-0.2, -0.15) is 0 Å². The lowest BCUT2D eigenvalue weighted by Crippen LogP contribution is -2.39. The first kappa shape index (κ1) is 16.6. The van der Waals surface area contributed by atoms with Gasteiger partial charge in [0, 0.05) is 17.5 Å². The third kappa shape index (κ3) is 3.79. The molecule has 5 heteroatoms. The molecule has 2 unspecified atom stereocenters. The number of urea groups is 1. The summed E-state index contributed by atoms with van der Waals surface area (Å²) in [6.07, 6.45) is 1.86. The minimum Gasteiger partial charge on any atom is -0.493 e. The quantitative estimate of drug-likeness (QED) is 0.807. The monoisotopic (exact) mass is 328 g/mol. The molecule has 3 N–H and O–H groups in total. The molecule has 2 aromatic rings. The van der Waals surface area contributed by atoms with Crippen LogP contribution in [0.2, 0.25) is 0 Å². The highest BCUT2D eigenvalue weighted by molar-refractivity contribution is 5.90. The summed E-state index contributed by atoms with van der Waals surface area (Å²) in [6, 6.07) is 12.0. The van der Waals surface area contributed by atoms with Crippen LogP contribution in [-0.2, 0) is 0 Å². The number of aliphatic hydroxyl groups is 1. The number of ether oxygens (including phenoxy) is 1. The lowest BCUT2D eigenvalue weighted by atomic mass is 9.98. The number of benzene rings is 2. The molecule has 2 aromatic carbocycles. The highest BCUT2D eigenvalue weighted by atomic mass is 16.5. The van der Waals surface area contributed by atoms with Gasteiger partial charge < -0.3 is 20.5 Å². The van der Waals surface area contributed by atoms with E-state index < -0.39 is 6.10 Å². The molecular formula is C19H24N2O3. The number of hydrogen-bond donors (Lipinski definition) is 3. The minimum atomic E-state index is -0.413. The zero-order chi connectivity index (χ0) is 16.9. The van der Waals surface area contributed by atoms with Crippen molar-refractivity contribution in [2.45, 2.75) is 38.3 Å². The Morgan fingerprint density at radius 2 is 2.17 bits per heavy atom. The standard InChI is InChI=1S/C19H24N2O3/c1-13(22)10-11-20-19(23)21-17-7-4-12-24-18-15-6-3-2-5-14(15)8-9-16(17)18/h2-3,5-6,8-9,13,17,22H,4,7,10-12H2,1H3,(H2,20,21,23). The van der Waals surface area contributed by atoms with E-state index in [0.717, 1.165) is 34.9 Å². The van der Waals surface area contributed by atoms with Gasteiger partial charge in [-0.05, 0) is 31.6 Å². The summed E-state index contributed by atoms with van der Waals surface area (Å²) < 4.78 is 5.98. The van der Waals surface area contributed by atoms with Gasteiger partial charge in [-0.25, -0.2) is 4.79 Å². The van der Waals surface area contributed by atoms with Crippen LogP contribution in [0.15, 0.2) is 36.4 Å². The highest BCUT2D eigenvalue weighted by Gasteiger charge is 2.23. The second-order valence-electron chi connectivity index (χ2n) is 6.29. The van der Waals surface area contributed by atoms with Crippen LogP contribution < -0.4 is 15.4 Å². The fourth-order valence-electron chi connectivity index (χ4n) is 3.07. The fraction of sp³-hybridized carbons (Fsp3) is 0.421. The van der Waals surface area contributed by atoms with Crippen molar-refractivity contribution in [3.63, 3.8) is 0 Å². The lowest BCUT2D eigenvalue weighted by Gasteiger charge is -2.20. The van der Waals surface area contributed by atoms with Crippen molar-refractivity contribution in [2.75, 3.05) is 13.2 Å². The number of fused-ring (bicyclic) bond motifs is 3. The molecule has 2 amide bonds. The van der Waals surface area contributed by atoms with Crippen LogP contribution >= 0.6 is 0 Å². The molecule has 0 saturated heterocycles. The first-order valence-corrected chi connectivity index (χ1v) is 8.52. The van der Waals surface area contributed by atoms with Crippen LogP contribution in [0.5, 0.6) is 5.75 Å². The summed E-state index contributed by atoms with van der Waals surface area (Å²) in [5.74, 6) is 0.875. The predicted octanol–water partition coefficient (Wildman–Crippen LogP) is 3.12. The van der Waals surface area contributed by atoms with E-state index in [9.17, 15) is 9.90 Å². The Bertz CT molecular complexity index is 715. The molecule has 0 saturated carbocycles. The second-order valence-corrected chi connectivity index (χ2v) is 6.29. The van der Waals surface area contributed by atoms with Gasteiger partial charge in [0.25, 0.3) is 0 Å². The van der Waals surface area contributed by atoms with E-state index in [1.54, 1.807) is 6.92 Å². The zero-order valence-electron chi connectivity index (χ0n) is 13.9. The number of carbonyl (C=O) groups is 1. The van der Waals surface area contributed by atoms with Gasteiger partial charge in [-0.15, -0.1) is 0 Å². The molecule has 0 aromatic heterocycles. The van der Waals surface area contributed by atoms with Crippen molar-refractivity contribution >= 4 is 16.8 Å². The minimum absolute atomic E-state index is 0.0707. The van der Waals surface area contributed by atoms with Crippen molar-refractivity contribution in [2.24, 2.45) is 0 Å². The van der Waals surface area contributed by atoms with Crippen molar-refractivity contribution in [3.05, 3.63) is 42.0 Å². The van der Waals surface area contributed by atoms with Crippen LogP contribution in [0, 0.1) is 0 Å². The number of aliphatic hydroxyl groups excluding tert-OH is 1. The van der Waals surface area contributed by atoms with E-state index in [-0.39, 0.29) is 12.1 Å². The van der Waals surface area contributed by atoms with E-state index in [4.69, 9.17) is 4.74 Å². The van der Waals surface area contributed by atoms with Gasteiger partial charge in [-0.1, -0.05) is 36.4 Å². The van der Waals surface area contributed by atoms with E-state index >= 15 is 0 Å². The Morgan fingerprint density at radius 3 is 3.00 bits per heavy atom. The molecule has 1 aliphatic rings. The van der Waals surface area contributed by atoms with E-state index in [0.29, 0.717) is 19.6 Å². The molecule has 0 spiro atoms. The smallest absolute Gasteiger partial charge is 0.315 e. The molecular weight excluding hydrogens is 304 g/mol. The molecule has 0 radical (unpaired) electrons. The van der Waals surface area contributed by atoms with Gasteiger partial charge in [0.1, 0.15) is 5.75 Å². The van der Waals surface area contributed by atoms with Gasteiger partial charge in [-0.3, -0.25) is 0 Å². The van der Waals surface area contributed by atoms with Gasteiger partial charge >= 0.3 is 6.03 Å². The molecule has 1 aliphatic heterocycles. The third-order valence-corrected chi connectivity index (χ3v) is 4.32. The van der Waals surface area contributed by atoms with Crippen molar-refractivity contribution in [1.82, 2.24) is 10.6 Å². The van der Waals surface area contributed by atoms with Gasteiger partial charge in [0.05, 0.1) is 18.8 Å². The van der Waals surface area contributed by atoms with E-state index in [2.05, 4.69) is 28.8 Å². The maximum Gasteiger partial charge on any atom is 0.315 e. The molecule has 24 heavy (non-hydrogen) atoms. The topological polar surface area (TPSA) is 70.6 Å². The Morgan fingerprint density at radius 1 is 1.33 bits per heavy atom. The lowest BCUT2D eigenvalue weighted by molar-refractivity contribution is 0.183. The molecule has 128 valence electrons. The summed E-state index contributed by atoms with van der Waals surface area (Å²) in [7, 11) is 0. The molecule has 5 nitrogen and oxygen atoms in total. The average Bonchev–Trinajstić information content (AvgIpc) is 2.77. The van der Waals surface area contributed by atoms with Crippen molar-refractivity contribution in [1.29, 1.82) is 0 Å². The summed E-state index contributed by atoms with van der Waals surface area (Å²) in [6.45, 7) is 2.82. The second kappa shape index (κ2) is 7.53. The highest BCUT2D eigenvalue weighted by Crippen LogP contribution is 2.37. The first-order valence-electron chi connectivity index (χ1n) is 8.52. The molecule has 0 fully saturated rings.